The van der Waals surface area contributed by atoms with Crippen molar-refractivity contribution in [3.8, 4) is 0 Å². The van der Waals surface area contributed by atoms with E-state index in [1.54, 1.807) is 0 Å². The van der Waals surface area contributed by atoms with Crippen LogP contribution in [-0.4, -0.2) is 28.5 Å². The third-order valence-electron chi connectivity index (χ3n) is 5.67. The maximum Gasteiger partial charge on any atom is 0.350 e. The number of carbonyl (C=O) groups excluding carboxylic acids is 1. The minimum absolute atomic E-state index is 0.0714. The molecule has 1 N–H and O–H groups in total. The van der Waals surface area contributed by atoms with E-state index in [9.17, 15) is 9.59 Å². The Morgan fingerprint density at radius 2 is 1.79 bits per heavy atom. The molecule has 0 bridgehead atoms. The fourth-order valence-electron chi connectivity index (χ4n) is 3.87. The van der Waals surface area contributed by atoms with Crippen molar-refractivity contribution in [2.75, 3.05) is 23.3 Å². The molecular formula is C23H26N4O2. The first kappa shape index (κ1) is 19.2. The summed E-state index contributed by atoms with van der Waals surface area (Å²) in [6, 6.07) is 15.3. The molecule has 0 spiro atoms. The first-order valence-corrected chi connectivity index (χ1v) is 10.1. The number of rotatable bonds is 4. The van der Waals surface area contributed by atoms with Gasteiger partial charge in [-0.15, -0.1) is 0 Å². The van der Waals surface area contributed by atoms with Crippen molar-refractivity contribution in [2.45, 2.75) is 33.2 Å². The molecule has 150 valence electrons. The molecule has 0 saturated carbocycles. The summed E-state index contributed by atoms with van der Waals surface area (Å²) < 4.78 is 1.46. The van der Waals surface area contributed by atoms with E-state index in [0.717, 1.165) is 53.9 Å². The lowest BCUT2D eigenvalue weighted by Gasteiger charge is -2.32. The fourth-order valence-corrected chi connectivity index (χ4v) is 3.87. The second-order valence-electron chi connectivity index (χ2n) is 7.85. The van der Waals surface area contributed by atoms with Crippen LogP contribution in [0.5, 0.6) is 0 Å². The van der Waals surface area contributed by atoms with Crippen LogP contribution in [0, 0.1) is 12.8 Å². The number of piperidine rings is 1. The number of benzene rings is 2. The summed E-state index contributed by atoms with van der Waals surface area (Å²) in [7, 11) is 0. The SMILES string of the molecule is Cc1ccccc1NC(=O)Cn1c(=O)nc(N2CCC(C)CC2)c2ccccc21. The van der Waals surface area contributed by atoms with Gasteiger partial charge in [0.15, 0.2) is 0 Å². The Hall–Kier alpha value is -3.15. The number of para-hydroxylation sites is 2. The second-order valence-corrected chi connectivity index (χ2v) is 7.85. The topological polar surface area (TPSA) is 67.2 Å². The predicted octanol–water partition coefficient (Wildman–Crippen LogP) is 3.58. The van der Waals surface area contributed by atoms with Crippen LogP contribution in [-0.2, 0) is 11.3 Å². The number of amides is 1. The highest BCUT2D eigenvalue weighted by Gasteiger charge is 2.21. The van der Waals surface area contributed by atoms with Gasteiger partial charge < -0.3 is 10.2 Å². The van der Waals surface area contributed by atoms with Gasteiger partial charge in [0.2, 0.25) is 5.91 Å². The summed E-state index contributed by atoms with van der Waals surface area (Å²) in [4.78, 5) is 32.1. The Labute approximate surface area is 170 Å². The average molecular weight is 390 g/mol. The van der Waals surface area contributed by atoms with E-state index in [1.807, 2.05) is 55.5 Å². The van der Waals surface area contributed by atoms with Crippen LogP contribution in [0.4, 0.5) is 11.5 Å². The molecule has 1 fully saturated rings. The van der Waals surface area contributed by atoms with Crippen LogP contribution in [0.1, 0.15) is 25.3 Å². The fraction of sp³-hybridized carbons (Fsp3) is 0.348. The Morgan fingerprint density at radius 1 is 1.10 bits per heavy atom. The number of aryl methyl sites for hydroxylation is 1. The number of anilines is 2. The van der Waals surface area contributed by atoms with Gasteiger partial charge in [-0.25, -0.2) is 4.79 Å². The van der Waals surface area contributed by atoms with Gasteiger partial charge >= 0.3 is 5.69 Å². The van der Waals surface area contributed by atoms with E-state index < -0.39 is 5.69 Å². The standard InChI is InChI=1S/C23H26N4O2/c1-16-11-13-26(14-12-16)22-18-8-4-6-10-20(18)27(23(29)25-22)15-21(28)24-19-9-5-3-7-17(19)2/h3-10,16H,11-15H2,1-2H3,(H,24,28). The highest BCUT2D eigenvalue weighted by molar-refractivity contribution is 5.94. The van der Waals surface area contributed by atoms with Crippen LogP contribution >= 0.6 is 0 Å². The van der Waals surface area contributed by atoms with Gasteiger partial charge in [0, 0.05) is 24.2 Å². The van der Waals surface area contributed by atoms with Gasteiger partial charge in [-0.1, -0.05) is 37.3 Å². The molecule has 0 atom stereocenters. The molecule has 6 heteroatoms. The number of nitrogens with zero attached hydrogens (tertiary/aromatic N) is 3. The van der Waals surface area contributed by atoms with Crippen molar-refractivity contribution < 1.29 is 4.79 Å². The van der Waals surface area contributed by atoms with Crippen molar-refractivity contribution in [1.82, 2.24) is 9.55 Å². The number of hydrogen-bond acceptors (Lipinski definition) is 4. The molecule has 1 saturated heterocycles. The summed E-state index contributed by atoms with van der Waals surface area (Å²) in [5, 5.41) is 3.80. The zero-order valence-corrected chi connectivity index (χ0v) is 16.9. The number of aromatic nitrogens is 2. The minimum Gasteiger partial charge on any atom is -0.356 e. The quantitative estimate of drug-likeness (QED) is 0.739. The molecule has 6 nitrogen and oxygen atoms in total. The van der Waals surface area contributed by atoms with Gasteiger partial charge in [-0.3, -0.25) is 9.36 Å². The van der Waals surface area contributed by atoms with E-state index in [1.165, 1.54) is 4.57 Å². The Kier molecular flexibility index (Phi) is 5.34. The third kappa shape index (κ3) is 4.01. The van der Waals surface area contributed by atoms with Crippen LogP contribution < -0.4 is 15.9 Å². The van der Waals surface area contributed by atoms with Crippen molar-refractivity contribution in [1.29, 1.82) is 0 Å². The Morgan fingerprint density at radius 3 is 2.55 bits per heavy atom. The van der Waals surface area contributed by atoms with Crippen molar-refractivity contribution in [3.05, 3.63) is 64.6 Å². The summed E-state index contributed by atoms with van der Waals surface area (Å²) in [6.45, 7) is 5.92. The van der Waals surface area contributed by atoms with Crippen LogP contribution in [0.2, 0.25) is 0 Å². The predicted molar refractivity (Wildman–Crippen MR) is 116 cm³/mol. The van der Waals surface area contributed by atoms with E-state index in [2.05, 4.69) is 22.1 Å². The second kappa shape index (κ2) is 8.07. The summed E-state index contributed by atoms with van der Waals surface area (Å²) in [5.74, 6) is 1.18. The van der Waals surface area contributed by atoms with Gasteiger partial charge in [0.1, 0.15) is 12.4 Å². The normalized spacial score (nSPS) is 14.9. The van der Waals surface area contributed by atoms with Crippen molar-refractivity contribution in [3.63, 3.8) is 0 Å². The smallest absolute Gasteiger partial charge is 0.350 e. The summed E-state index contributed by atoms with van der Waals surface area (Å²) >= 11 is 0. The molecule has 1 amide bonds. The first-order valence-electron chi connectivity index (χ1n) is 10.1. The molecule has 0 aliphatic carbocycles. The molecule has 1 aliphatic rings. The van der Waals surface area contributed by atoms with Crippen LogP contribution in [0.25, 0.3) is 10.9 Å². The Balaban J connectivity index is 1.66. The molecule has 3 aromatic rings. The van der Waals surface area contributed by atoms with Gasteiger partial charge in [0.25, 0.3) is 0 Å². The molecule has 29 heavy (non-hydrogen) atoms. The number of hydrogen-bond donors (Lipinski definition) is 1. The van der Waals surface area contributed by atoms with Crippen LogP contribution in [0.3, 0.4) is 0 Å². The highest BCUT2D eigenvalue weighted by Crippen LogP contribution is 2.27. The largest absolute Gasteiger partial charge is 0.356 e. The lowest BCUT2D eigenvalue weighted by molar-refractivity contribution is -0.116. The molecule has 2 aromatic carbocycles. The molecule has 4 rings (SSSR count). The number of fused-ring (bicyclic) bond motifs is 1. The lowest BCUT2D eigenvalue weighted by atomic mass is 9.99. The molecule has 1 aliphatic heterocycles. The molecule has 1 aromatic heterocycles. The van der Waals surface area contributed by atoms with Gasteiger partial charge in [-0.05, 0) is 49.4 Å². The van der Waals surface area contributed by atoms with Gasteiger partial charge in [0.05, 0.1) is 5.52 Å². The van der Waals surface area contributed by atoms with Crippen molar-refractivity contribution >= 4 is 28.3 Å². The maximum absolute atomic E-state index is 12.9. The summed E-state index contributed by atoms with van der Waals surface area (Å²) in [5.41, 5.74) is 2.08. The molecule has 0 radical (unpaired) electrons. The van der Waals surface area contributed by atoms with E-state index in [-0.39, 0.29) is 12.5 Å². The van der Waals surface area contributed by atoms with Crippen LogP contribution in [0.15, 0.2) is 53.3 Å². The van der Waals surface area contributed by atoms with E-state index in [4.69, 9.17) is 0 Å². The number of nitrogens with one attached hydrogen (secondary N) is 1. The third-order valence-corrected chi connectivity index (χ3v) is 5.67. The molecule has 0 unspecified atom stereocenters. The molecular weight excluding hydrogens is 364 g/mol. The number of carbonyl (C=O) groups is 1. The first-order chi connectivity index (χ1) is 14.0. The van der Waals surface area contributed by atoms with Gasteiger partial charge in [-0.2, -0.15) is 4.98 Å². The lowest BCUT2D eigenvalue weighted by Crippen LogP contribution is -2.37. The van der Waals surface area contributed by atoms with Crippen molar-refractivity contribution in [2.24, 2.45) is 5.92 Å². The Bertz CT molecular complexity index is 1100. The average Bonchev–Trinajstić information content (AvgIpc) is 2.72. The highest BCUT2D eigenvalue weighted by atomic mass is 16.2. The zero-order valence-electron chi connectivity index (χ0n) is 16.9. The zero-order chi connectivity index (χ0) is 20.4. The summed E-state index contributed by atoms with van der Waals surface area (Å²) in [6.07, 6.45) is 2.19. The van der Waals surface area contributed by atoms with E-state index >= 15 is 0 Å². The van der Waals surface area contributed by atoms with E-state index in [0.29, 0.717) is 5.92 Å². The monoisotopic (exact) mass is 390 g/mol. The molecule has 2 heterocycles. The maximum atomic E-state index is 12.9. The minimum atomic E-state index is -0.391.